The molecule has 5 rings (SSSR count). The van der Waals surface area contributed by atoms with Gasteiger partial charge in [0.15, 0.2) is 6.29 Å². The van der Waals surface area contributed by atoms with Crippen LogP contribution in [-0.4, -0.2) is 53.9 Å². The molecule has 0 aliphatic carbocycles. The first kappa shape index (κ1) is 26.8. The van der Waals surface area contributed by atoms with Crippen LogP contribution in [0.25, 0.3) is 33.6 Å². The lowest BCUT2D eigenvalue weighted by atomic mass is 9.97. The summed E-state index contributed by atoms with van der Waals surface area (Å²) in [6.07, 6.45) is 2.36. The van der Waals surface area contributed by atoms with Crippen molar-refractivity contribution in [1.29, 1.82) is 0 Å². The summed E-state index contributed by atoms with van der Waals surface area (Å²) in [6, 6.07) is 16.4. The minimum atomic E-state index is -0.0680. The Labute approximate surface area is 236 Å². The summed E-state index contributed by atoms with van der Waals surface area (Å²) in [5, 5.41) is 0.908. The van der Waals surface area contributed by atoms with Crippen molar-refractivity contribution in [3.63, 3.8) is 0 Å². The molecule has 1 atom stereocenters. The summed E-state index contributed by atoms with van der Waals surface area (Å²) < 4.78 is 10.6. The second kappa shape index (κ2) is 11.1. The number of nitrogens with zero attached hydrogens (tertiary/aromatic N) is 3. The zero-order valence-corrected chi connectivity index (χ0v) is 23.1. The number of rotatable bonds is 8. The highest BCUT2D eigenvalue weighted by atomic mass is 35.5. The van der Waals surface area contributed by atoms with Gasteiger partial charge in [0.05, 0.1) is 40.2 Å². The van der Waals surface area contributed by atoms with E-state index in [1.807, 2.05) is 43.3 Å². The van der Waals surface area contributed by atoms with Crippen LogP contribution in [0.15, 0.2) is 60.8 Å². The number of carbonyl (C=O) groups excluding carboxylic acids is 2. The van der Waals surface area contributed by atoms with Gasteiger partial charge in [0.25, 0.3) is 5.91 Å². The lowest BCUT2D eigenvalue weighted by Crippen LogP contribution is -2.32. The Balaban J connectivity index is 1.52. The van der Waals surface area contributed by atoms with E-state index in [1.165, 1.54) is 7.11 Å². The van der Waals surface area contributed by atoms with Gasteiger partial charge in [0.2, 0.25) is 5.88 Å². The van der Waals surface area contributed by atoms with Gasteiger partial charge in [-0.3, -0.25) is 14.6 Å². The van der Waals surface area contributed by atoms with Gasteiger partial charge in [-0.1, -0.05) is 59.6 Å². The molecule has 0 fully saturated rings. The van der Waals surface area contributed by atoms with Gasteiger partial charge in [-0.2, -0.15) is 0 Å². The number of halogens is 2. The van der Waals surface area contributed by atoms with Gasteiger partial charge in [-0.15, -0.1) is 0 Å². The number of hydrogen-bond donors (Lipinski definition) is 0. The number of methoxy groups -OCH3 is 2. The Bertz CT molecular complexity index is 1590. The van der Waals surface area contributed by atoms with Crippen molar-refractivity contribution in [3.8, 4) is 39.5 Å². The number of benzene rings is 2. The standard InChI is InChI=1S/C30H25Cl2N3O4/c1-17(38-2)14-35-15-19-13-33-26(12-24(19)30(35)37)23-9-5-7-21(28(23)32)20-6-4-8-22(27(20)31)25-11-10-18(16-36)29(34-25)39-3/h4-13,16-17H,14-15H2,1-3H3. The van der Waals surface area contributed by atoms with Crippen molar-refractivity contribution in [2.45, 2.75) is 19.6 Å². The number of pyridine rings is 2. The zero-order chi connectivity index (χ0) is 27.7. The molecule has 0 saturated heterocycles. The molecule has 0 N–H and O–H groups in total. The van der Waals surface area contributed by atoms with E-state index in [1.54, 1.807) is 36.4 Å². The summed E-state index contributed by atoms with van der Waals surface area (Å²) in [5.74, 6) is 0.167. The molecule has 1 aliphatic rings. The molecule has 3 heterocycles. The number of aldehydes is 1. The minimum absolute atomic E-state index is 0.0518. The predicted molar refractivity (Wildman–Crippen MR) is 152 cm³/mol. The number of carbonyl (C=O) groups is 2. The van der Waals surface area contributed by atoms with E-state index in [0.29, 0.717) is 74.2 Å². The molecular weight excluding hydrogens is 537 g/mol. The molecule has 2 aromatic heterocycles. The fourth-order valence-electron chi connectivity index (χ4n) is 4.67. The van der Waals surface area contributed by atoms with E-state index in [-0.39, 0.29) is 17.9 Å². The first-order chi connectivity index (χ1) is 18.9. The molecule has 2 aromatic carbocycles. The molecule has 39 heavy (non-hydrogen) atoms. The Morgan fingerprint density at radius 2 is 1.59 bits per heavy atom. The number of aromatic nitrogens is 2. The highest BCUT2D eigenvalue weighted by Gasteiger charge is 2.29. The maximum atomic E-state index is 13.1. The van der Waals surface area contributed by atoms with Crippen LogP contribution in [0.5, 0.6) is 5.88 Å². The maximum Gasteiger partial charge on any atom is 0.254 e. The average Bonchev–Trinajstić information content (AvgIpc) is 3.27. The Morgan fingerprint density at radius 3 is 2.21 bits per heavy atom. The molecule has 1 amide bonds. The molecule has 0 radical (unpaired) electrons. The second-order valence-corrected chi connectivity index (χ2v) is 9.96. The normalized spacial score (nSPS) is 13.4. The zero-order valence-electron chi connectivity index (χ0n) is 21.6. The van der Waals surface area contributed by atoms with Crippen LogP contribution in [0.1, 0.15) is 33.2 Å². The van der Waals surface area contributed by atoms with Crippen molar-refractivity contribution in [1.82, 2.24) is 14.9 Å². The molecule has 0 bridgehead atoms. The smallest absolute Gasteiger partial charge is 0.254 e. The Morgan fingerprint density at radius 1 is 0.949 bits per heavy atom. The lowest BCUT2D eigenvalue weighted by Gasteiger charge is -2.19. The van der Waals surface area contributed by atoms with Crippen LogP contribution < -0.4 is 4.74 Å². The second-order valence-electron chi connectivity index (χ2n) is 9.21. The molecule has 9 heteroatoms. The van der Waals surface area contributed by atoms with Crippen molar-refractivity contribution in [2.24, 2.45) is 0 Å². The summed E-state index contributed by atoms with van der Waals surface area (Å²) in [7, 11) is 3.09. The van der Waals surface area contributed by atoms with Crippen LogP contribution >= 0.6 is 23.2 Å². The molecule has 0 spiro atoms. The van der Waals surface area contributed by atoms with E-state index in [9.17, 15) is 9.59 Å². The van der Waals surface area contributed by atoms with E-state index < -0.39 is 0 Å². The van der Waals surface area contributed by atoms with Crippen molar-refractivity contribution in [3.05, 3.63) is 87.5 Å². The molecular formula is C30H25Cl2N3O4. The highest BCUT2D eigenvalue weighted by Crippen LogP contribution is 2.42. The molecule has 1 aliphatic heterocycles. The fourth-order valence-corrected chi connectivity index (χ4v) is 5.32. The third-order valence-corrected chi connectivity index (χ3v) is 7.61. The largest absolute Gasteiger partial charge is 0.480 e. The van der Waals surface area contributed by atoms with Gasteiger partial charge >= 0.3 is 0 Å². The first-order valence-electron chi connectivity index (χ1n) is 12.3. The maximum absolute atomic E-state index is 13.1. The van der Waals surface area contributed by atoms with Gasteiger partial charge in [-0.25, -0.2) is 4.98 Å². The Kier molecular flexibility index (Phi) is 7.66. The van der Waals surface area contributed by atoms with Crippen LogP contribution in [0, 0.1) is 0 Å². The summed E-state index contributed by atoms with van der Waals surface area (Å²) in [5.41, 5.74) is 5.76. The van der Waals surface area contributed by atoms with Gasteiger partial charge < -0.3 is 14.4 Å². The number of ether oxygens (including phenoxy) is 2. The summed E-state index contributed by atoms with van der Waals surface area (Å²) >= 11 is 13.9. The van der Waals surface area contributed by atoms with E-state index in [2.05, 4.69) is 9.97 Å². The van der Waals surface area contributed by atoms with Crippen LogP contribution in [0.3, 0.4) is 0 Å². The topological polar surface area (TPSA) is 81.6 Å². The average molecular weight is 562 g/mol. The van der Waals surface area contributed by atoms with E-state index in [0.717, 1.165) is 5.56 Å². The van der Waals surface area contributed by atoms with Crippen LogP contribution in [0.4, 0.5) is 0 Å². The third kappa shape index (κ3) is 5.01. The van der Waals surface area contributed by atoms with Crippen molar-refractivity contribution < 1.29 is 19.1 Å². The molecule has 7 nitrogen and oxygen atoms in total. The molecule has 4 aromatic rings. The van der Waals surface area contributed by atoms with Gasteiger partial charge in [0.1, 0.15) is 0 Å². The highest BCUT2D eigenvalue weighted by molar-refractivity contribution is 6.39. The monoisotopic (exact) mass is 561 g/mol. The van der Waals surface area contributed by atoms with Gasteiger partial charge in [-0.05, 0) is 25.1 Å². The molecule has 198 valence electrons. The third-order valence-electron chi connectivity index (χ3n) is 6.79. The van der Waals surface area contributed by atoms with E-state index >= 15 is 0 Å². The minimum Gasteiger partial charge on any atom is -0.480 e. The summed E-state index contributed by atoms with van der Waals surface area (Å²) in [4.78, 5) is 35.2. The van der Waals surface area contributed by atoms with Crippen molar-refractivity contribution in [2.75, 3.05) is 20.8 Å². The predicted octanol–water partition coefficient (Wildman–Crippen LogP) is 6.60. The molecule has 1 unspecified atom stereocenters. The first-order valence-corrected chi connectivity index (χ1v) is 13.0. The number of fused-ring (bicyclic) bond motifs is 1. The Hall–Kier alpha value is -3.78. The fraction of sp³-hybridized carbons (Fsp3) is 0.200. The lowest BCUT2D eigenvalue weighted by molar-refractivity contribution is 0.0558. The van der Waals surface area contributed by atoms with Crippen LogP contribution in [-0.2, 0) is 11.3 Å². The molecule has 0 saturated carbocycles. The van der Waals surface area contributed by atoms with E-state index in [4.69, 9.17) is 32.7 Å². The number of amides is 1. The SMILES string of the molecule is COc1nc(-c2cccc(-c3cccc(-c4cc5c(cn4)CN(CC(C)OC)C5=O)c3Cl)c2Cl)ccc1C=O. The quantitative estimate of drug-likeness (QED) is 0.225. The number of hydrogen-bond acceptors (Lipinski definition) is 6. The van der Waals surface area contributed by atoms with Crippen molar-refractivity contribution >= 4 is 35.4 Å². The summed E-state index contributed by atoms with van der Waals surface area (Å²) in [6.45, 7) is 2.93. The van der Waals surface area contributed by atoms with Crippen LogP contribution in [0.2, 0.25) is 10.0 Å². The van der Waals surface area contributed by atoms with Gasteiger partial charge in [0, 0.05) is 59.8 Å².